The summed E-state index contributed by atoms with van der Waals surface area (Å²) >= 11 is 1.37. The van der Waals surface area contributed by atoms with Crippen LogP contribution < -0.4 is 0 Å². The van der Waals surface area contributed by atoms with Crippen LogP contribution in [0.2, 0.25) is 0 Å². The lowest BCUT2D eigenvalue weighted by Crippen LogP contribution is -2.24. The summed E-state index contributed by atoms with van der Waals surface area (Å²) < 4.78 is 23.6. The highest BCUT2D eigenvalue weighted by molar-refractivity contribution is 7.88. The van der Waals surface area contributed by atoms with Gasteiger partial charge in [0.2, 0.25) is 10.0 Å². The Morgan fingerprint density at radius 1 is 1.59 bits per heavy atom. The Balaban J connectivity index is 2.73. The number of hydrogen-bond donors (Lipinski definition) is 1. The van der Waals surface area contributed by atoms with Gasteiger partial charge < -0.3 is 5.11 Å². The average Bonchev–Trinajstić information content (AvgIpc) is 2.61. The zero-order chi connectivity index (χ0) is 13.1. The van der Waals surface area contributed by atoms with Crippen molar-refractivity contribution in [3.63, 3.8) is 0 Å². The first-order chi connectivity index (χ1) is 7.79. The summed E-state index contributed by atoms with van der Waals surface area (Å²) in [5.41, 5.74) is 0.841. The van der Waals surface area contributed by atoms with E-state index in [-0.39, 0.29) is 6.54 Å². The minimum absolute atomic E-state index is 0.288. The van der Waals surface area contributed by atoms with Gasteiger partial charge in [-0.15, -0.1) is 11.3 Å². The third-order valence-corrected chi connectivity index (χ3v) is 4.24. The Labute approximate surface area is 104 Å². The van der Waals surface area contributed by atoms with E-state index in [0.29, 0.717) is 0 Å². The van der Waals surface area contributed by atoms with Crippen LogP contribution in [-0.2, 0) is 21.4 Å². The van der Waals surface area contributed by atoms with E-state index in [1.54, 1.807) is 6.07 Å². The molecule has 0 fully saturated rings. The Morgan fingerprint density at radius 3 is 2.76 bits per heavy atom. The number of rotatable bonds is 5. The zero-order valence-corrected chi connectivity index (χ0v) is 11.1. The summed E-state index contributed by atoms with van der Waals surface area (Å²) in [5.74, 6) is -1.01. The van der Waals surface area contributed by atoms with Gasteiger partial charge in [-0.05, 0) is 23.1 Å². The molecule has 0 atom stereocenters. The molecule has 1 aromatic heterocycles. The number of carboxylic acid groups (broad SMARTS) is 1. The van der Waals surface area contributed by atoms with Crippen LogP contribution in [0.3, 0.4) is 0 Å². The molecule has 0 saturated heterocycles. The third-order valence-electron chi connectivity index (χ3n) is 2.04. The van der Waals surface area contributed by atoms with Gasteiger partial charge in [0, 0.05) is 24.5 Å². The van der Waals surface area contributed by atoms with E-state index >= 15 is 0 Å². The maximum atomic E-state index is 11.2. The smallest absolute Gasteiger partial charge is 0.328 e. The molecule has 0 unspecified atom stereocenters. The summed E-state index contributed by atoms with van der Waals surface area (Å²) in [4.78, 5) is 11.1. The quantitative estimate of drug-likeness (QED) is 0.820. The lowest BCUT2D eigenvalue weighted by Gasteiger charge is -2.12. The summed E-state index contributed by atoms with van der Waals surface area (Å²) in [5, 5.41) is 10.3. The van der Waals surface area contributed by atoms with Crippen LogP contribution in [0.5, 0.6) is 0 Å². The van der Waals surface area contributed by atoms with Crippen molar-refractivity contribution < 1.29 is 18.3 Å². The molecule has 1 rings (SSSR count). The third kappa shape index (κ3) is 4.68. The first-order valence-corrected chi connectivity index (χ1v) is 7.41. The van der Waals surface area contributed by atoms with Crippen LogP contribution in [0, 0.1) is 0 Å². The van der Waals surface area contributed by atoms with Crippen LogP contribution in [-0.4, -0.2) is 37.1 Å². The second-order valence-electron chi connectivity index (χ2n) is 3.55. The number of sulfonamides is 1. The fraction of sp³-hybridized carbons (Fsp3) is 0.300. The van der Waals surface area contributed by atoms with Gasteiger partial charge in [0.25, 0.3) is 0 Å². The van der Waals surface area contributed by atoms with Gasteiger partial charge >= 0.3 is 5.97 Å². The average molecular weight is 275 g/mol. The van der Waals surface area contributed by atoms with E-state index < -0.39 is 16.0 Å². The summed E-state index contributed by atoms with van der Waals surface area (Å²) in [6.07, 6.45) is 3.68. The molecule has 0 bridgehead atoms. The second kappa shape index (κ2) is 5.44. The van der Waals surface area contributed by atoms with Crippen LogP contribution in [0.15, 0.2) is 17.5 Å². The normalized spacial score (nSPS) is 12.4. The molecule has 94 valence electrons. The fourth-order valence-electron chi connectivity index (χ4n) is 1.09. The molecule has 1 heterocycles. The molecule has 0 saturated carbocycles. The van der Waals surface area contributed by atoms with Gasteiger partial charge in [0.15, 0.2) is 0 Å². The van der Waals surface area contributed by atoms with Crippen molar-refractivity contribution in [3.8, 4) is 0 Å². The molecular formula is C10H13NO4S2. The largest absolute Gasteiger partial charge is 0.478 e. The first-order valence-electron chi connectivity index (χ1n) is 4.69. The van der Waals surface area contributed by atoms with Crippen molar-refractivity contribution in [3.05, 3.63) is 28.0 Å². The molecule has 0 aliphatic carbocycles. The van der Waals surface area contributed by atoms with Gasteiger partial charge in [-0.1, -0.05) is 0 Å². The second-order valence-corrected chi connectivity index (χ2v) is 6.58. The Morgan fingerprint density at radius 2 is 2.24 bits per heavy atom. The summed E-state index contributed by atoms with van der Waals surface area (Å²) in [6.45, 7) is 0.288. The van der Waals surface area contributed by atoms with Crippen molar-refractivity contribution in [1.29, 1.82) is 0 Å². The molecule has 0 radical (unpaired) electrons. The maximum absolute atomic E-state index is 11.2. The van der Waals surface area contributed by atoms with Gasteiger partial charge in [-0.2, -0.15) is 0 Å². The highest BCUT2D eigenvalue weighted by atomic mass is 32.2. The van der Waals surface area contributed by atoms with Crippen molar-refractivity contribution >= 4 is 33.4 Å². The zero-order valence-electron chi connectivity index (χ0n) is 9.45. The maximum Gasteiger partial charge on any atom is 0.328 e. The molecule has 0 aromatic carbocycles. The fourth-order valence-corrected chi connectivity index (χ4v) is 2.27. The number of carbonyl (C=O) groups is 1. The highest BCUT2D eigenvalue weighted by Crippen LogP contribution is 2.18. The van der Waals surface area contributed by atoms with Crippen molar-refractivity contribution in [2.45, 2.75) is 6.54 Å². The Bertz CT molecular complexity index is 530. The minimum Gasteiger partial charge on any atom is -0.478 e. The molecule has 1 N–H and O–H groups in total. The van der Waals surface area contributed by atoms with Crippen LogP contribution in [0.1, 0.15) is 10.4 Å². The number of aliphatic carboxylic acids is 1. The topological polar surface area (TPSA) is 74.7 Å². The molecule has 0 aliphatic rings. The van der Waals surface area contributed by atoms with Gasteiger partial charge in [0.1, 0.15) is 0 Å². The predicted molar refractivity (Wildman–Crippen MR) is 67.3 cm³/mol. The highest BCUT2D eigenvalue weighted by Gasteiger charge is 2.11. The van der Waals surface area contributed by atoms with Crippen LogP contribution in [0.4, 0.5) is 0 Å². The van der Waals surface area contributed by atoms with Gasteiger partial charge in [-0.3, -0.25) is 0 Å². The molecule has 5 nitrogen and oxygen atoms in total. The Hall–Kier alpha value is -1.18. The standard InChI is InChI=1S/C10H13NO4S2/c1-11(17(2,14)15)6-8-5-9(16-7-8)3-4-10(12)13/h3-5,7H,6H2,1-2H3,(H,12,13)/b4-3+. The van der Waals surface area contributed by atoms with Crippen LogP contribution >= 0.6 is 11.3 Å². The van der Waals surface area contributed by atoms with Crippen molar-refractivity contribution in [2.75, 3.05) is 13.3 Å². The lowest BCUT2D eigenvalue weighted by atomic mass is 10.3. The molecule has 0 aliphatic heterocycles. The van der Waals surface area contributed by atoms with Crippen LogP contribution in [0.25, 0.3) is 6.08 Å². The summed E-state index contributed by atoms with van der Waals surface area (Å²) in [7, 11) is -1.69. The Kier molecular flexibility index (Phi) is 4.44. The molecular weight excluding hydrogens is 262 g/mol. The molecule has 0 spiro atoms. The van der Waals surface area contributed by atoms with Crippen molar-refractivity contribution in [2.24, 2.45) is 0 Å². The predicted octanol–water partition coefficient (Wildman–Crippen LogP) is 1.24. The van der Waals surface area contributed by atoms with E-state index in [9.17, 15) is 13.2 Å². The molecule has 7 heteroatoms. The van der Waals surface area contributed by atoms with Crippen molar-refractivity contribution in [1.82, 2.24) is 4.31 Å². The van der Waals surface area contributed by atoms with E-state index in [4.69, 9.17) is 5.11 Å². The minimum atomic E-state index is -3.19. The van der Waals surface area contributed by atoms with E-state index in [2.05, 4.69) is 0 Å². The van der Waals surface area contributed by atoms with Gasteiger partial charge in [-0.25, -0.2) is 17.5 Å². The molecule has 0 amide bonds. The van der Waals surface area contributed by atoms with E-state index in [0.717, 1.165) is 22.8 Å². The van der Waals surface area contributed by atoms with Gasteiger partial charge in [0.05, 0.1) is 6.26 Å². The SMILES string of the molecule is CN(Cc1csc(/C=C/C(=O)O)c1)S(C)(=O)=O. The lowest BCUT2D eigenvalue weighted by molar-refractivity contribution is -0.131. The number of carboxylic acids is 1. The summed E-state index contributed by atoms with van der Waals surface area (Å²) in [6, 6.07) is 1.77. The van der Waals surface area contributed by atoms with E-state index in [1.807, 2.05) is 5.38 Å². The first kappa shape index (κ1) is 13.9. The number of thiophene rings is 1. The molecule has 1 aromatic rings. The number of nitrogens with zero attached hydrogens (tertiary/aromatic N) is 1. The monoisotopic (exact) mass is 275 g/mol. The number of hydrogen-bond acceptors (Lipinski definition) is 4. The van der Waals surface area contributed by atoms with E-state index in [1.165, 1.54) is 28.8 Å². The molecule has 17 heavy (non-hydrogen) atoms.